The fraction of sp³-hybridized carbons (Fsp3) is 0.231. The fourth-order valence-corrected chi connectivity index (χ4v) is 1.33. The fourth-order valence-electron chi connectivity index (χ4n) is 1.33. The quantitative estimate of drug-likeness (QED) is 0.372. The van der Waals surface area contributed by atoms with Gasteiger partial charge in [-0.05, 0) is 6.92 Å². The van der Waals surface area contributed by atoms with Crippen molar-refractivity contribution in [3.8, 4) is 0 Å². The molecule has 0 saturated heterocycles. The van der Waals surface area contributed by atoms with Gasteiger partial charge in [-0.25, -0.2) is 4.79 Å². The average Bonchev–Trinajstić information content (AvgIpc) is 2.25. The summed E-state index contributed by atoms with van der Waals surface area (Å²) in [5.74, 6) is -1.70. The number of hydrogen-bond acceptors (Lipinski definition) is 3. The van der Waals surface area contributed by atoms with Crippen molar-refractivity contribution in [1.82, 2.24) is 4.90 Å². The number of rotatable bonds is 4. The lowest BCUT2D eigenvalue weighted by atomic mass is 10.0. The lowest BCUT2D eigenvalue weighted by molar-refractivity contribution is -0.132. The number of carbonyl (C=O) groups excluding carboxylic acids is 1. The number of benzene rings is 1. The lowest BCUT2D eigenvalue weighted by Gasteiger charge is -2.08. The van der Waals surface area contributed by atoms with Crippen molar-refractivity contribution in [3.63, 3.8) is 0 Å². The number of carbonyl (C=O) groups is 2. The van der Waals surface area contributed by atoms with Crippen molar-refractivity contribution in [3.05, 3.63) is 47.2 Å². The van der Waals surface area contributed by atoms with E-state index in [4.69, 9.17) is 5.11 Å². The first-order valence-electron chi connectivity index (χ1n) is 5.14. The van der Waals surface area contributed by atoms with Gasteiger partial charge >= 0.3 is 5.97 Å². The molecule has 4 nitrogen and oxygen atoms in total. The monoisotopic (exact) mass is 233 g/mol. The molecule has 0 bridgehead atoms. The van der Waals surface area contributed by atoms with Crippen LogP contribution in [0.1, 0.15) is 15.9 Å². The molecule has 1 aromatic rings. The molecule has 0 atom stereocenters. The molecule has 1 rings (SSSR count). The van der Waals surface area contributed by atoms with E-state index in [9.17, 15) is 9.59 Å². The normalized spacial score (nSPS) is 11.1. The standard InChI is InChI=1S/C13H15NO3/c1-9-4-6-10(7-5-9)12(15)11(13(16)17)8-14(2)3/h4-8H,1-3H3,(H,16,17)/b11-8-. The van der Waals surface area contributed by atoms with Crippen LogP contribution < -0.4 is 0 Å². The Morgan fingerprint density at radius 2 is 1.71 bits per heavy atom. The zero-order chi connectivity index (χ0) is 13.0. The van der Waals surface area contributed by atoms with Crippen LogP contribution in [0.25, 0.3) is 0 Å². The van der Waals surface area contributed by atoms with Crippen molar-refractivity contribution in [2.45, 2.75) is 6.92 Å². The highest BCUT2D eigenvalue weighted by Crippen LogP contribution is 2.10. The summed E-state index contributed by atoms with van der Waals surface area (Å²) in [6.45, 7) is 1.90. The smallest absolute Gasteiger partial charge is 0.341 e. The zero-order valence-corrected chi connectivity index (χ0v) is 10.1. The SMILES string of the molecule is Cc1ccc(C(=O)/C(=C/N(C)C)C(=O)O)cc1. The molecule has 1 aromatic carbocycles. The number of nitrogens with zero attached hydrogens (tertiary/aromatic N) is 1. The van der Waals surface area contributed by atoms with Crippen molar-refractivity contribution < 1.29 is 14.7 Å². The molecule has 90 valence electrons. The van der Waals surface area contributed by atoms with Gasteiger partial charge in [-0.1, -0.05) is 29.8 Å². The van der Waals surface area contributed by atoms with Gasteiger partial charge in [0.05, 0.1) is 0 Å². The Labute approximate surface area is 100 Å². The van der Waals surface area contributed by atoms with Gasteiger partial charge in [0.15, 0.2) is 0 Å². The Hall–Kier alpha value is -2.10. The molecule has 4 heteroatoms. The molecule has 0 aliphatic heterocycles. The average molecular weight is 233 g/mol. The predicted molar refractivity (Wildman–Crippen MR) is 64.9 cm³/mol. The molecule has 17 heavy (non-hydrogen) atoms. The minimum absolute atomic E-state index is 0.237. The number of carboxylic acid groups (broad SMARTS) is 1. The van der Waals surface area contributed by atoms with E-state index < -0.39 is 11.8 Å². The molecule has 0 aliphatic rings. The Bertz CT molecular complexity index is 458. The molecular weight excluding hydrogens is 218 g/mol. The Morgan fingerprint density at radius 3 is 2.12 bits per heavy atom. The lowest BCUT2D eigenvalue weighted by Crippen LogP contribution is -2.16. The van der Waals surface area contributed by atoms with Crippen LogP contribution in [0.15, 0.2) is 36.0 Å². The first kappa shape index (κ1) is 13.0. The second-order valence-electron chi connectivity index (χ2n) is 4.01. The maximum atomic E-state index is 12.0. The van der Waals surface area contributed by atoms with E-state index in [1.807, 2.05) is 6.92 Å². The third kappa shape index (κ3) is 3.45. The number of hydrogen-bond donors (Lipinski definition) is 1. The van der Waals surface area contributed by atoms with Crippen LogP contribution in [-0.4, -0.2) is 35.9 Å². The summed E-state index contributed by atoms with van der Waals surface area (Å²) in [6, 6.07) is 6.82. The second kappa shape index (κ2) is 5.30. The number of aliphatic carboxylic acids is 1. The van der Waals surface area contributed by atoms with Crippen LogP contribution in [0.2, 0.25) is 0 Å². The first-order valence-corrected chi connectivity index (χ1v) is 5.14. The molecular formula is C13H15NO3. The summed E-state index contributed by atoms with van der Waals surface area (Å²) in [5.41, 5.74) is 1.17. The minimum Gasteiger partial charge on any atom is -0.477 e. The van der Waals surface area contributed by atoms with Crippen molar-refractivity contribution in [2.24, 2.45) is 0 Å². The van der Waals surface area contributed by atoms with Gasteiger partial charge < -0.3 is 10.0 Å². The van der Waals surface area contributed by atoms with E-state index in [1.54, 1.807) is 38.4 Å². The molecule has 0 heterocycles. The summed E-state index contributed by atoms with van der Waals surface area (Å²) < 4.78 is 0. The Morgan fingerprint density at radius 1 is 1.18 bits per heavy atom. The minimum atomic E-state index is -1.22. The summed E-state index contributed by atoms with van der Waals surface area (Å²) in [7, 11) is 3.34. The van der Waals surface area contributed by atoms with E-state index in [2.05, 4.69) is 0 Å². The second-order valence-corrected chi connectivity index (χ2v) is 4.01. The van der Waals surface area contributed by atoms with E-state index >= 15 is 0 Å². The van der Waals surface area contributed by atoms with Gasteiger partial charge in [0.2, 0.25) is 5.78 Å². The third-order valence-corrected chi connectivity index (χ3v) is 2.18. The molecule has 0 fully saturated rings. The van der Waals surface area contributed by atoms with Crippen LogP contribution in [0.4, 0.5) is 0 Å². The largest absolute Gasteiger partial charge is 0.477 e. The highest BCUT2D eigenvalue weighted by molar-refractivity contribution is 6.23. The molecule has 0 unspecified atom stereocenters. The maximum absolute atomic E-state index is 12.0. The van der Waals surface area contributed by atoms with Crippen molar-refractivity contribution in [2.75, 3.05) is 14.1 Å². The van der Waals surface area contributed by atoms with Gasteiger partial charge in [-0.15, -0.1) is 0 Å². The Balaban J connectivity index is 3.09. The number of Topliss-reactive ketones (excluding diaryl/α,β-unsaturated/α-hetero) is 1. The molecule has 0 amide bonds. The van der Waals surface area contributed by atoms with Crippen molar-refractivity contribution in [1.29, 1.82) is 0 Å². The third-order valence-electron chi connectivity index (χ3n) is 2.18. The summed E-state index contributed by atoms with van der Waals surface area (Å²) in [4.78, 5) is 24.5. The first-order chi connectivity index (χ1) is 7.91. The number of ketones is 1. The van der Waals surface area contributed by atoms with Gasteiger partial charge in [-0.3, -0.25) is 4.79 Å². The molecule has 0 aliphatic carbocycles. The summed E-state index contributed by atoms with van der Waals surface area (Å²) >= 11 is 0. The van der Waals surface area contributed by atoms with Crippen LogP contribution >= 0.6 is 0 Å². The van der Waals surface area contributed by atoms with E-state index in [-0.39, 0.29) is 5.57 Å². The van der Waals surface area contributed by atoms with Gasteiger partial charge in [-0.2, -0.15) is 0 Å². The predicted octanol–water partition coefficient (Wildman–Crippen LogP) is 1.71. The van der Waals surface area contributed by atoms with Crippen molar-refractivity contribution >= 4 is 11.8 Å². The molecule has 0 aromatic heterocycles. The van der Waals surface area contributed by atoms with E-state index in [1.165, 1.54) is 11.1 Å². The molecule has 0 spiro atoms. The highest BCUT2D eigenvalue weighted by atomic mass is 16.4. The molecule has 0 radical (unpaired) electrons. The van der Waals surface area contributed by atoms with Crippen LogP contribution in [0.3, 0.4) is 0 Å². The number of carboxylic acids is 1. The van der Waals surface area contributed by atoms with Crippen LogP contribution in [-0.2, 0) is 4.79 Å². The van der Waals surface area contributed by atoms with Crippen LogP contribution in [0, 0.1) is 6.92 Å². The van der Waals surface area contributed by atoms with Gasteiger partial charge in [0.1, 0.15) is 5.57 Å². The van der Waals surface area contributed by atoms with Crippen LogP contribution in [0.5, 0.6) is 0 Å². The molecule has 1 N–H and O–H groups in total. The maximum Gasteiger partial charge on any atom is 0.341 e. The van der Waals surface area contributed by atoms with Gasteiger partial charge in [0, 0.05) is 25.9 Å². The summed E-state index contributed by atoms with van der Waals surface area (Å²) in [6.07, 6.45) is 1.31. The van der Waals surface area contributed by atoms with E-state index in [0.717, 1.165) is 5.56 Å². The van der Waals surface area contributed by atoms with Gasteiger partial charge in [0.25, 0.3) is 0 Å². The molecule has 0 saturated carbocycles. The number of aryl methyl sites for hydroxylation is 1. The van der Waals surface area contributed by atoms with E-state index in [0.29, 0.717) is 5.56 Å². The topological polar surface area (TPSA) is 57.6 Å². The summed E-state index contributed by atoms with van der Waals surface area (Å²) in [5, 5.41) is 8.99. The zero-order valence-electron chi connectivity index (χ0n) is 10.1. The Kier molecular flexibility index (Phi) is 4.04. The highest BCUT2D eigenvalue weighted by Gasteiger charge is 2.19.